The molecule has 2 aromatic heterocycles. The Hall–Kier alpha value is -1.75. The Kier molecular flexibility index (Phi) is 6.49. The van der Waals surface area contributed by atoms with Crippen LogP contribution in [0.25, 0.3) is 10.6 Å². The number of halogens is 1. The number of anilines is 1. The summed E-state index contributed by atoms with van der Waals surface area (Å²) in [6, 6.07) is 3.49. The van der Waals surface area contributed by atoms with Crippen LogP contribution >= 0.6 is 34.7 Å². The molecule has 0 fully saturated rings. The number of terminal acetylenes is 1. The molecule has 1 amide bonds. The minimum absolute atomic E-state index is 0.0790. The Labute approximate surface area is 154 Å². The molecule has 1 unspecified atom stereocenters. The molecular weight excluding hydrogens is 366 g/mol. The van der Waals surface area contributed by atoms with E-state index in [2.05, 4.69) is 10.9 Å². The molecule has 0 radical (unpaired) electrons. The number of hydrogen-bond acceptors (Lipinski definition) is 5. The quantitative estimate of drug-likeness (QED) is 0.474. The Morgan fingerprint density at radius 1 is 1.67 bits per heavy atom. The van der Waals surface area contributed by atoms with Crippen LogP contribution in [0.1, 0.15) is 6.92 Å². The minimum Gasteiger partial charge on any atom is -0.289 e. The number of thioether (sulfide) groups is 1. The van der Waals surface area contributed by atoms with Gasteiger partial charge >= 0.3 is 0 Å². The number of thiazole rings is 1. The molecule has 0 aliphatic carbocycles. The van der Waals surface area contributed by atoms with Crippen LogP contribution in [0.3, 0.4) is 0 Å². The molecule has 1 atom stereocenters. The molecular formula is C16H17ClN3O2S2+. The Morgan fingerprint density at radius 3 is 3.04 bits per heavy atom. The number of amides is 1. The fraction of sp³-hybridized carbons (Fsp3) is 0.312. The third-order valence-electron chi connectivity index (χ3n) is 3.20. The van der Waals surface area contributed by atoms with Crippen molar-refractivity contribution in [3.05, 3.63) is 29.7 Å². The largest absolute Gasteiger partial charge is 0.289 e. The molecule has 2 rings (SSSR count). The zero-order valence-corrected chi connectivity index (χ0v) is 15.7. The summed E-state index contributed by atoms with van der Waals surface area (Å²) < 4.78 is 0.940. The monoisotopic (exact) mass is 382 g/mol. The third-order valence-corrected chi connectivity index (χ3v) is 5.54. The van der Waals surface area contributed by atoms with Crippen LogP contribution < -0.4 is 9.63 Å². The van der Waals surface area contributed by atoms with E-state index >= 15 is 0 Å². The van der Waals surface area contributed by atoms with Crippen molar-refractivity contribution in [3.63, 3.8) is 0 Å². The molecule has 0 bridgehead atoms. The normalized spacial score (nSPS) is 11.8. The molecule has 0 saturated heterocycles. The second-order valence-electron chi connectivity index (χ2n) is 5.07. The average molecular weight is 383 g/mol. The van der Waals surface area contributed by atoms with Crippen molar-refractivity contribution in [2.75, 3.05) is 23.5 Å². The van der Waals surface area contributed by atoms with Gasteiger partial charge in [0.1, 0.15) is 10.0 Å². The lowest BCUT2D eigenvalue weighted by atomic mass is 10.2. The minimum atomic E-state index is -0.175. The van der Waals surface area contributed by atoms with Crippen molar-refractivity contribution in [1.82, 2.24) is 4.98 Å². The first-order valence-corrected chi connectivity index (χ1v) is 9.67. The summed E-state index contributed by atoms with van der Waals surface area (Å²) >= 11 is 9.12. The highest BCUT2D eigenvalue weighted by molar-refractivity contribution is 7.98. The predicted molar refractivity (Wildman–Crippen MR) is 98.7 cm³/mol. The van der Waals surface area contributed by atoms with E-state index in [4.69, 9.17) is 18.0 Å². The van der Waals surface area contributed by atoms with E-state index < -0.39 is 0 Å². The summed E-state index contributed by atoms with van der Waals surface area (Å²) in [6.45, 7) is 2.00. The fourth-order valence-electron chi connectivity index (χ4n) is 2.10. The second kappa shape index (κ2) is 8.38. The van der Waals surface area contributed by atoms with Crippen LogP contribution in [-0.2, 0) is 4.79 Å². The summed E-state index contributed by atoms with van der Waals surface area (Å²) in [5.41, 5.74) is 0.698. The van der Waals surface area contributed by atoms with Crippen molar-refractivity contribution < 1.29 is 14.7 Å². The van der Waals surface area contributed by atoms with Crippen molar-refractivity contribution >= 4 is 45.6 Å². The van der Waals surface area contributed by atoms with Gasteiger partial charge in [0.15, 0.2) is 5.15 Å². The molecule has 0 saturated carbocycles. The SMILES string of the molecule is C#CCN(C(=O)C(C)CSC)c1sc(-c2ccc[n+](O)c2)nc1Cl. The van der Waals surface area contributed by atoms with E-state index in [1.807, 2.05) is 13.2 Å². The first-order valence-electron chi connectivity index (χ1n) is 7.09. The molecule has 0 spiro atoms. The Morgan fingerprint density at radius 2 is 2.42 bits per heavy atom. The summed E-state index contributed by atoms with van der Waals surface area (Å²) in [7, 11) is 0. The van der Waals surface area contributed by atoms with E-state index in [-0.39, 0.29) is 23.5 Å². The lowest BCUT2D eigenvalue weighted by molar-refractivity contribution is -0.904. The number of pyridine rings is 1. The molecule has 126 valence electrons. The maximum Gasteiger partial charge on any atom is 0.232 e. The van der Waals surface area contributed by atoms with E-state index in [0.29, 0.717) is 21.3 Å². The molecule has 0 aromatic carbocycles. The zero-order valence-electron chi connectivity index (χ0n) is 13.3. The Bertz CT molecular complexity index is 773. The fourth-order valence-corrected chi connectivity index (χ4v) is 4.05. The number of carbonyl (C=O) groups excluding carboxylic acids is 1. The summed E-state index contributed by atoms with van der Waals surface area (Å²) in [4.78, 5) is 18.5. The summed E-state index contributed by atoms with van der Waals surface area (Å²) in [6.07, 6.45) is 10.4. The maximum absolute atomic E-state index is 12.7. The van der Waals surface area contributed by atoms with Gasteiger partial charge in [0, 0.05) is 22.5 Å². The molecule has 8 heteroatoms. The smallest absolute Gasteiger partial charge is 0.232 e. The van der Waals surface area contributed by atoms with Crippen LogP contribution in [0, 0.1) is 18.3 Å². The predicted octanol–water partition coefficient (Wildman–Crippen LogP) is 2.95. The van der Waals surface area contributed by atoms with Crippen LogP contribution in [0.2, 0.25) is 5.15 Å². The van der Waals surface area contributed by atoms with E-state index in [1.54, 1.807) is 23.9 Å². The molecule has 5 nitrogen and oxygen atoms in total. The van der Waals surface area contributed by atoms with Crippen molar-refractivity contribution in [2.45, 2.75) is 6.92 Å². The zero-order chi connectivity index (χ0) is 17.7. The van der Waals surface area contributed by atoms with Gasteiger partial charge in [0.2, 0.25) is 18.3 Å². The van der Waals surface area contributed by atoms with Crippen molar-refractivity contribution in [2.24, 2.45) is 5.92 Å². The first-order chi connectivity index (χ1) is 11.5. The Balaban J connectivity index is 2.38. The van der Waals surface area contributed by atoms with Gasteiger partial charge in [-0.2, -0.15) is 11.8 Å². The molecule has 1 N–H and O–H groups in total. The average Bonchev–Trinajstić information content (AvgIpc) is 2.94. The first kappa shape index (κ1) is 18.6. The summed E-state index contributed by atoms with van der Waals surface area (Å²) in [5.74, 6) is 2.95. The standard InChI is InChI=1S/C16H17ClN3O2S2/c1-4-7-20(15(21)11(2)10-23-3)16-13(17)18-14(24-16)12-6-5-8-19(22)9-12/h1,5-6,8-9,11,22H,7,10H2,2-3H3/q+1. The highest BCUT2D eigenvalue weighted by Gasteiger charge is 2.26. The topological polar surface area (TPSA) is 57.3 Å². The van der Waals surface area contributed by atoms with Gasteiger partial charge in [-0.15, -0.1) is 6.42 Å². The second-order valence-corrected chi connectivity index (χ2v) is 7.32. The number of carbonyl (C=O) groups is 1. The van der Waals surface area contributed by atoms with Gasteiger partial charge in [-0.25, -0.2) is 4.98 Å². The molecule has 2 heterocycles. The third kappa shape index (κ3) is 4.20. The van der Waals surface area contributed by atoms with Crippen LogP contribution in [0.15, 0.2) is 24.5 Å². The van der Waals surface area contributed by atoms with Gasteiger partial charge in [-0.1, -0.05) is 35.8 Å². The summed E-state index contributed by atoms with van der Waals surface area (Å²) in [5, 5.41) is 10.9. The van der Waals surface area contributed by atoms with Gasteiger partial charge in [-0.05, 0) is 12.3 Å². The number of hydrogen-bond donors (Lipinski definition) is 1. The van der Waals surface area contributed by atoms with Crippen LogP contribution in [0.5, 0.6) is 0 Å². The lowest BCUT2D eigenvalue weighted by Gasteiger charge is -2.22. The maximum atomic E-state index is 12.7. The van der Waals surface area contributed by atoms with Gasteiger partial charge < -0.3 is 0 Å². The highest BCUT2D eigenvalue weighted by Crippen LogP contribution is 2.37. The molecule has 2 aromatic rings. The van der Waals surface area contributed by atoms with Gasteiger partial charge in [0.05, 0.1) is 12.1 Å². The van der Waals surface area contributed by atoms with E-state index in [1.165, 1.54) is 28.6 Å². The van der Waals surface area contributed by atoms with Crippen LogP contribution in [-0.4, -0.2) is 34.7 Å². The number of rotatable bonds is 6. The van der Waals surface area contributed by atoms with E-state index in [9.17, 15) is 10.0 Å². The number of nitrogens with zero attached hydrogens (tertiary/aromatic N) is 3. The van der Waals surface area contributed by atoms with Crippen molar-refractivity contribution in [3.8, 4) is 22.9 Å². The molecule has 0 aliphatic rings. The van der Waals surface area contributed by atoms with Crippen molar-refractivity contribution in [1.29, 1.82) is 0 Å². The molecule has 24 heavy (non-hydrogen) atoms. The number of aromatic nitrogens is 2. The van der Waals surface area contributed by atoms with Gasteiger partial charge in [0.25, 0.3) is 0 Å². The van der Waals surface area contributed by atoms with E-state index in [0.717, 1.165) is 4.73 Å². The lowest BCUT2D eigenvalue weighted by Crippen LogP contribution is -2.36. The van der Waals surface area contributed by atoms with Crippen LogP contribution in [0.4, 0.5) is 5.00 Å². The van der Waals surface area contributed by atoms with Gasteiger partial charge in [-0.3, -0.25) is 14.9 Å². The highest BCUT2D eigenvalue weighted by atomic mass is 35.5. The molecule has 0 aliphatic heterocycles.